The first kappa shape index (κ1) is 20.6. The summed E-state index contributed by atoms with van der Waals surface area (Å²) in [6.07, 6.45) is 1.44. The lowest BCUT2D eigenvalue weighted by molar-refractivity contribution is -0.128. The van der Waals surface area contributed by atoms with E-state index in [1.165, 1.54) is 24.3 Å². The van der Waals surface area contributed by atoms with Gasteiger partial charge in [0.15, 0.2) is 6.10 Å². The molecule has 1 aliphatic rings. The van der Waals surface area contributed by atoms with Crippen LogP contribution in [0.15, 0.2) is 54.6 Å². The van der Waals surface area contributed by atoms with E-state index in [4.69, 9.17) is 9.47 Å². The molecule has 0 aromatic heterocycles. The van der Waals surface area contributed by atoms with Gasteiger partial charge >= 0.3 is 6.09 Å². The fraction of sp³-hybridized carbons (Fsp3) is 0.364. The smallest absolute Gasteiger partial charge is 0.411 e. The van der Waals surface area contributed by atoms with Gasteiger partial charge in [-0.15, -0.1) is 0 Å². The SMILES string of the molecule is C[C@@H](Oc1ccccc1)C(=O)N[C@H]1CCC[C@H](OC(=O)Nc2ccc(F)cc2)C1. The van der Waals surface area contributed by atoms with Crippen LogP contribution in [-0.2, 0) is 9.53 Å². The highest BCUT2D eigenvalue weighted by atomic mass is 19.1. The van der Waals surface area contributed by atoms with Crippen LogP contribution in [0.2, 0.25) is 0 Å². The summed E-state index contributed by atoms with van der Waals surface area (Å²) in [5.41, 5.74) is 0.462. The molecule has 0 spiro atoms. The predicted octanol–water partition coefficient (Wildman–Crippen LogP) is 4.27. The van der Waals surface area contributed by atoms with Gasteiger partial charge < -0.3 is 14.8 Å². The van der Waals surface area contributed by atoms with Crippen molar-refractivity contribution in [2.45, 2.75) is 50.9 Å². The second-order valence-electron chi connectivity index (χ2n) is 7.10. The standard InChI is InChI=1S/C22H25FN2O4/c1-15(28-19-7-3-2-4-8-19)21(26)24-18-6-5-9-20(14-18)29-22(27)25-17-12-10-16(23)11-13-17/h2-4,7-8,10-13,15,18,20H,5-6,9,14H2,1H3,(H,24,26)(H,25,27)/t15-,18+,20+/m1/s1. The largest absolute Gasteiger partial charge is 0.481 e. The van der Waals surface area contributed by atoms with E-state index in [2.05, 4.69) is 10.6 Å². The second-order valence-corrected chi connectivity index (χ2v) is 7.10. The molecule has 2 N–H and O–H groups in total. The number of hydrogen-bond acceptors (Lipinski definition) is 4. The highest BCUT2D eigenvalue weighted by Gasteiger charge is 2.27. The Morgan fingerprint density at radius 1 is 1.07 bits per heavy atom. The lowest BCUT2D eigenvalue weighted by Crippen LogP contribution is -2.46. The van der Waals surface area contributed by atoms with E-state index < -0.39 is 12.2 Å². The van der Waals surface area contributed by atoms with E-state index in [1.54, 1.807) is 19.1 Å². The van der Waals surface area contributed by atoms with Crippen molar-refractivity contribution in [3.63, 3.8) is 0 Å². The van der Waals surface area contributed by atoms with Gasteiger partial charge in [0.05, 0.1) is 0 Å². The Hall–Kier alpha value is -3.09. The number of halogens is 1. The first-order valence-electron chi connectivity index (χ1n) is 9.75. The fourth-order valence-corrected chi connectivity index (χ4v) is 3.29. The molecule has 1 fully saturated rings. The van der Waals surface area contributed by atoms with Gasteiger partial charge in [0.1, 0.15) is 17.7 Å². The lowest BCUT2D eigenvalue weighted by atomic mass is 9.92. The van der Waals surface area contributed by atoms with Crippen molar-refractivity contribution in [3.8, 4) is 5.75 Å². The van der Waals surface area contributed by atoms with Gasteiger partial charge in [-0.3, -0.25) is 10.1 Å². The van der Waals surface area contributed by atoms with Crippen LogP contribution in [0.25, 0.3) is 0 Å². The number of benzene rings is 2. The molecule has 0 unspecified atom stereocenters. The number of hydrogen-bond donors (Lipinski definition) is 2. The zero-order valence-electron chi connectivity index (χ0n) is 16.3. The number of ether oxygens (including phenoxy) is 2. The van der Waals surface area contributed by atoms with Crippen LogP contribution in [-0.4, -0.2) is 30.3 Å². The van der Waals surface area contributed by atoms with Crippen molar-refractivity contribution in [2.75, 3.05) is 5.32 Å². The summed E-state index contributed by atoms with van der Waals surface area (Å²) in [5, 5.41) is 5.56. The van der Waals surface area contributed by atoms with E-state index in [9.17, 15) is 14.0 Å². The summed E-state index contributed by atoms with van der Waals surface area (Å²) in [7, 11) is 0. The molecule has 7 heteroatoms. The number of para-hydroxylation sites is 1. The molecule has 2 aromatic rings. The Morgan fingerprint density at radius 3 is 2.52 bits per heavy atom. The van der Waals surface area contributed by atoms with Crippen molar-refractivity contribution < 1.29 is 23.5 Å². The molecule has 1 saturated carbocycles. The highest BCUT2D eigenvalue weighted by Crippen LogP contribution is 2.22. The number of rotatable bonds is 6. The summed E-state index contributed by atoms with van der Waals surface area (Å²) in [6, 6.07) is 14.6. The van der Waals surface area contributed by atoms with Crippen molar-refractivity contribution in [1.29, 1.82) is 0 Å². The molecule has 3 atom stereocenters. The van der Waals surface area contributed by atoms with Crippen molar-refractivity contribution >= 4 is 17.7 Å². The van der Waals surface area contributed by atoms with Gasteiger partial charge in [-0.25, -0.2) is 9.18 Å². The Labute approximate surface area is 169 Å². The van der Waals surface area contributed by atoms with Crippen LogP contribution in [0.3, 0.4) is 0 Å². The maximum Gasteiger partial charge on any atom is 0.411 e. The molecular formula is C22H25FN2O4. The molecule has 1 aliphatic carbocycles. The molecule has 0 bridgehead atoms. The number of carbonyl (C=O) groups is 2. The fourth-order valence-electron chi connectivity index (χ4n) is 3.29. The van der Waals surface area contributed by atoms with E-state index in [1.807, 2.05) is 18.2 Å². The molecule has 2 aromatic carbocycles. The van der Waals surface area contributed by atoms with E-state index in [-0.39, 0.29) is 23.9 Å². The summed E-state index contributed by atoms with van der Waals surface area (Å²) in [6.45, 7) is 1.70. The van der Waals surface area contributed by atoms with Gasteiger partial charge in [-0.2, -0.15) is 0 Å². The van der Waals surface area contributed by atoms with Crippen LogP contribution in [0.5, 0.6) is 5.75 Å². The van der Waals surface area contributed by atoms with Crippen LogP contribution in [0.4, 0.5) is 14.9 Å². The maximum absolute atomic E-state index is 12.9. The number of amides is 2. The van der Waals surface area contributed by atoms with Crippen molar-refractivity contribution in [2.24, 2.45) is 0 Å². The Morgan fingerprint density at radius 2 is 1.79 bits per heavy atom. The topological polar surface area (TPSA) is 76.7 Å². The van der Waals surface area contributed by atoms with Gasteiger partial charge in [0.2, 0.25) is 0 Å². The minimum absolute atomic E-state index is 0.0818. The van der Waals surface area contributed by atoms with Crippen molar-refractivity contribution in [3.05, 3.63) is 60.4 Å². The van der Waals surface area contributed by atoms with Gasteiger partial charge in [0, 0.05) is 18.2 Å². The number of anilines is 1. The first-order valence-corrected chi connectivity index (χ1v) is 9.75. The predicted molar refractivity (Wildman–Crippen MR) is 107 cm³/mol. The number of nitrogens with one attached hydrogen (secondary N) is 2. The molecule has 0 radical (unpaired) electrons. The molecule has 29 heavy (non-hydrogen) atoms. The Bertz CT molecular complexity index is 813. The summed E-state index contributed by atoms with van der Waals surface area (Å²) < 4.78 is 24.1. The summed E-state index contributed by atoms with van der Waals surface area (Å²) >= 11 is 0. The third-order valence-electron chi connectivity index (χ3n) is 4.76. The molecule has 0 saturated heterocycles. The first-order chi connectivity index (χ1) is 14.0. The molecule has 0 aliphatic heterocycles. The lowest BCUT2D eigenvalue weighted by Gasteiger charge is -2.30. The maximum atomic E-state index is 12.9. The molecule has 3 rings (SSSR count). The summed E-state index contributed by atoms with van der Waals surface area (Å²) in [4.78, 5) is 24.5. The Kier molecular flexibility index (Phi) is 7.05. The number of carbonyl (C=O) groups excluding carboxylic acids is 2. The molecule has 0 heterocycles. The average molecular weight is 400 g/mol. The van der Waals surface area contributed by atoms with E-state index in [0.717, 1.165) is 19.3 Å². The third kappa shape index (κ3) is 6.48. The molecule has 6 nitrogen and oxygen atoms in total. The zero-order valence-corrected chi connectivity index (χ0v) is 16.3. The average Bonchev–Trinajstić information content (AvgIpc) is 2.70. The highest BCUT2D eigenvalue weighted by molar-refractivity contribution is 5.84. The van der Waals surface area contributed by atoms with E-state index >= 15 is 0 Å². The van der Waals surface area contributed by atoms with Gasteiger partial charge in [-0.1, -0.05) is 18.2 Å². The third-order valence-corrected chi connectivity index (χ3v) is 4.76. The quantitative estimate of drug-likeness (QED) is 0.759. The normalized spacial score (nSPS) is 19.7. The summed E-state index contributed by atoms with van der Waals surface area (Å²) in [5.74, 6) is 0.0630. The molecular weight excluding hydrogens is 375 g/mol. The van der Waals surface area contributed by atoms with Gasteiger partial charge in [0.25, 0.3) is 5.91 Å². The molecule has 154 valence electrons. The van der Waals surface area contributed by atoms with Crippen LogP contribution in [0.1, 0.15) is 32.6 Å². The minimum Gasteiger partial charge on any atom is -0.481 e. The van der Waals surface area contributed by atoms with E-state index in [0.29, 0.717) is 17.9 Å². The molecule has 2 amide bonds. The Balaban J connectivity index is 1.45. The van der Waals surface area contributed by atoms with Crippen LogP contribution >= 0.6 is 0 Å². The van der Waals surface area contributed by atoms with Crippen molar-refractivity contribution in [1.82, 2.24) is 5.32 Å². The monoisotopic (exact) mass is 400 g/mol. The van der Waals surface area contributed by atoms with Crippen LogP contribution < -0.4 is 15.4 Å². The minimum atomic E-state index is -0.625. The van der Waals surface area contributed by atoms with Crippen LogP contribution in [0, 0.1) is 5.82 Å². The van der Waals surface area contributed by atoms with Gasteiger partial charge in [-0.05, 0) is 62.6 Å². The zero-order chi connectivity index (χ0) is 20.6. The second kappa shape index (κ2) is 9.91.